The lowest BCUT2D eigenvalue weighted by atomic mass is 10.0. The highest BCUT2D eigenvalue weighted by molar-refractivity contribution is 5.76. The summed E-state index contributed by atoms with van der Waals surface area (Å²) in [5, 5.41) is 23.4. The van der Waals surface area contributed by atoms with Gasteiger partial charge < -0.3 is 20.3 Å². The number of aliphatic hydroxyl groups is 2. The molecule has 0 aliphatic carbocycles. The number of aliphatic hydroxyl groups excluding tert-OH is 2. The van der Waals surface area contributed by atoms with Crippen LogP contribution in [0.2, 0.25) is 0 Å². The lowest BCUT2D eigenvalue weighted by molar-refractivity contribution is -0.143. The highest BCUT2D eigenvalue weighted by Crippen LogP contribution is 2.19. The average molecular weight is 1020 g/mol. The van der Waals surface area contributed by atoms with Crippen LogP contribution < -0.4 is 5.32 Å². The Balaban J connectivity index is 3.37. The van der Waals surface area contributed by atoms with E-state index in [0.29, 0.717) is 25.9 Å². The van der Waals surface area contributed by atoms with Gasteiger partial charge in [-0.15, -0.1) is 0 Å². The third-order valence-corrected chi connectivity index (χ3v) is 15.9. The van der Waals surface area contributed by atoms with Crippen LogP contribution in [0.3, 0.4) is 0 Å². The van der Waals surface area contributed by atoms with Gasteiger partial charge in [0.25, 0.3) is 0 Å². The summed E-state index contributed by atoms with van der Waals surface area (Å²) < 4.78 is 5.48. The summed E-state index contributed by atoms with van der Waals surface area (Å²) in [7, 11) is 0. The number of ether oxygens (including phenoxy) is 1. The van der Waals surface area contributed by atoms with E-state index in [9.17, 15) is 19.8 Å². The van der Waals surface area contributed by atoms with Crippen molar-refractivity contribution in [2.75, 3.05) is 13.2 Å². The van der Waals surface area contributed by atoms with E-state index in [1.165, 1.54) is 315 Å². The van der Waals surface area contributed by atoms with E-state index in [1.54, 1.807) is 0 Å². The first-order valence-corrected chi connectivity index (χ1v) is 33.3. The third kappa shape index (κ3) is 58.1. The fourth-order valence-electron chi connectivity index (χ4n) is 10.8. The Kier molecular flexibility index (Phi) is 61.4. The van der Waals surface area contributed by atoms with Gasteiger partial charge in [-0.3, -0.25) is 9.59 Å². The molecule has 1 amide bonds. The van der Waals surface area contributed by atoms with Crippen molar-refractivity contribution in [2.45, 2.75) is 398 Å². The van der Waals surface area contributed by atoms with Crippen LogP contribution >= 0.6 is 0 Å². The minimum absolute atomic E-state index is 0.0153. The molecule has 0 bridgehead atoms. The molecule has 72 heavy (non-hydrogen) atoms. The second-order valence-electron chi connectivity index (χ2n) is 23.2. The maximum atomic E-state index is 12.5. The van der Waals surface area contributed by atoms with Crippen molar-refractivity contribution < 1.29 is 24.5 Å². The SMILES string of the molecule is CCCCCCCCCCCCCCCCCCCCCCCC(O)C(CO)NC(=O)CCCCCCCCCCCCCCCCCCCCCCCCOC(=O)CCCCCCCCCCCCCC. The molecule has 0 saturated heterocycles. The Morgan fingerprint density at radius 3 is 0.847 bits per heavy atom. The average Bonchev–Trinajstić information content (AvgIpc) is 3.38. The van der Waals surface area contributed by atoms with Gasteiger partial charge in [-0.2, -0.15) is 0 Å². The number of hydrogen-bond acceptors (Lipinski definition) is 5. The molecule has 2 unspecified atom stereocenters. The Bertz CT molecular complexity index is 1040. The standard InChI is InChI=1S/C66H131NO5/c1-3-5-7-9-11-13-15-17-18-19-20-23-26-29-32-35-38-42-46-50-54-58-64(69)63(62-68)67-65(70)59-55-51-47-43-39-36-33-30-27-24-21-22-25-28-31-34-37-41-45-49-53-57-61-72-66(71)60-56-52-48-44-40-16-14-12-10-8-6-4-2/h63-64,68-69H,3-62H2,1-2H3,(H,67,70). The van der Waals surface area contributed by atoms with Crippen molar-refractivity contribution in [1.29, 1.82) is 0 Å². The molecule has 0 radical (unpaired) electrons. The Labute approximate surface area is 451 Å². The molecule has 0 aromatic rings. The van der Waals surface area contributed by atoms with Gasteiger partial charge in [0.2, 0.25) is 5.91 Å². The van der Waals surface area contributed by atoms with Crippen LogP contribution in [-0.4, -0.2) is 47.4 Å². The molecule has 0 rings (SSSR count). The van der Waals surface area contributed by atoms with Crippen LogP contribution in [0.15, 0.2) is 0 Å². The van der Waals surface area contributed by atoms with Crippen LogP contribution in [-0.2, 0) is 14.3 Å². The van der Waals surface area contributed by atoms with Crippen molar-refractivity contribution in [2.24, 2.45) is 0 Å². The largest absolute Gasteiger partial charge is 0.466 e. The number of carbonyl (C=O) groups excluding carboxylic acids is 2. The molecule has 0 aliphatic heterocycles. The maximum Gasteiger partial charge on any atom is 0.305 e. The molecule has 0 fully saturated rings. The van der Waals surface area contributed by atoms with Crippen molar-refractivity contribution in [3.05, 3.63) is 0 Å². The first-order valence-electron chi connectivity index (χ1n) is 33.3. The molecule has 0 spiro atoms. The zero-order chi connectivity index (χ0) is 52.2. The summed E-state index contributed by atoms with van der Waals surface area (Å²) >= 11 is 0. The molecule has 6 nitrogen and oxygen atoms in total. The van der Waals surface area contributed by atoms with Crippen LogP contribution in [0.5, 0.6) is 0 Å². The van der Waals surface area contributed by atoms with Crippen LogP contribution in [0.25, 0.3) is 0 Å². The van der Waals surface area contributed by atoms with Gasteiger partial charge in [-0.1, -0.05) is 348 Å². The molecule has 0 saturated carbocycles. The van der Waals surface area contributed by atoms with E-state index in [0.717, 1.165) is 38.5 Å². The zero-order valence-corrected chi connectivity index (χ0v) is 49.2. The maximum absolute atomic E-state index is 12.5. The lowest BCUT2D eigenvalue weighted by Gasteiger charge is -2.22. The van der Waals surface area contributed by atoms with Gasteiger partial charge in [0.15, 0.2) is 0 Å². The molecule has 0 aliphatic rings. The Hall–Kier alpha value is -1.14. The second kappa shape index (κ2) is 62.4. The van der Waals surface area contributed by atoms with E-state index < -0.39 is 12.1 Å². The first kappa shape index (κ1) is 70.9. The number of rotatable bonds is 63. The van der Waals surface area contributed by atoms with E-state index in [4.69, 9.17) is 4.74 Å². The van der Waals surface area contributed by atoms with Crippen LogP contribution in [0, 0.1) is 0 Å². The zero-order valence-electron chi connectivity index (χ0n) is 49.2. The number of esters is 1. The summed E-state index contributed by atoms with van der Waals surface area (Å²) in [6.45, 7) is 4.99. The monoisotopic (exact) mass is 1020 g/mol. The predicted octanol–water partition coefficient (Wildman–Crippen LogP) is 21.0. The predicted molar refractivity (Wildman–Crippen MR) is 315 cm³/mol. The molecular formula is C66H131NO5. The first-order chi connectivity index (χ1) is 35.5. The summed E-state index contributed by atoms with van der Waals surface area (Å²) in [5.74, 6) is -0.0148. The van der Waals surface area contributed by atoms with Gasteiger partial charge in [0, 0.05) is 12.8 Å². The van der Waals surface area contributed by atoms with Crippen LogP contribution in [0.4, 0.5) is 0 Å². The van der Waals surface area contributed by atoms with E-state index in [-0.39, 0.29) is 18.5 Å². The number of amides is 1. The molecule has 0 aromatic carbocycles. The number of hydrogen-bond donors (Lipinski definition) is 3. The summed E-state index contributed by atoms with van der Waals surface area (Å²) in [5.41, 5.74) is 0. The van der Waals surface area contributed by atoms with E-state index in [1.807, 2.05) is 0 Å². The summed E-state index contributed by atoms with van der Waals surface area (Å²) in [6.07, 6.45) is 74.1. The lowest BCUT2D eigenvalue weighted by Crippen LogP contribution is -2.45. The van der Waals surface area contributed by atoms with Crippen molar-refractivity contribution in [1.82, 2.24) is 5.32 Å². The fourth-order valence-corrected chi connectivity index (χ4v) is 10.8. The fraction of sp³-hybridized carbons (Fsp3) is 0.970. The van der Waals surface area contributed by atoms with Crippen LogP contribution in [0.1, 0.15) is 386 Å². The summed E-state index contributed by atoms with van der Waals surface area (Å²) in [4.78, 5) is 24.6. The molecule has 3 N–H and O–H groups in total. The van der Waals surface area contributed by atoms with Gasteiger partial charge in [-0.25, -0.2) is 0 Å². The second-order valence-corrected chi connectivity index (χ2v) is 23.2. The third-order valence-electron chi connectivity index (χ3n) is 15.9. The molecule has 0 aromatic heterocycles. The number of unbranched alkanes of at least 4 members (excludes halogenated alkanes) is 52. The number of nitrogens with one attached hydrogen (secondary N) is 1. The minimum atomic E-state index is -0.664. The molecule has 2 atom stereocenters. The topological polar surface area (TPSA) is 95.9 Å². The highest BCUT2D eigenvalue weighted by atomic mass is 16.5. The highest BCUT2D eigenvalue weighted by Gasteiger charge is 2.20. The molecule has 0 heterocycles. The van der Waals surface area contributed by atoms with Crippen molar-refractivity contribution in [3.63, 3.8) is 0 Å². The quantitative estimate of drug-likeness (QED) is 0.0417. The minimum Gasteiger partial charge on any atom is -0.466 e. The smallest absolute Gasteiger partial charge is 0.305 e. The Morgan fingerprint density at radius 2 is 0.569 bits per heavy atom. The number of carbonyl (C=O) groups is 2. The van der Waals surface area contributed by atoms with Gasteiger partial charge >= 0.3 is 5.97 Å². The van der Waals surface area contributed by atoms with Crippen molar-refractivity contribution in [3.8, 4) is 0 Å². The normalized spacial score (nSPS) is 12.4. The van der Waals surface area contributed by atoms with E-state index in [2.05, 4.69) is 19.2 Å². The molecule has 430 valence electrons. The Morgan fingerprint density at radius 1 is 0.333 bits per heavy atom. The van der Waals surface area contributed by atoms with Gasteiger partial charge in [0.05, 0.1) is 25.4 Å². The van der Waals surface area contributed by atoms with Crippen molar-refractivity contribution >= 4 is 11.9 Å². The molecule has 6 heteroatoms. The van der Waals surface area contributed by atoms with Gasteiger partial charge in [0.1, 0.15) is 0 Å². The van der Waals surface area contributed by atoms with E-state index >= 15 is 0 Å². The summed E-state index contributed by atoms with van der Waals surface area (Å²) in [6, 6.07) is -0.541. The molecular weight excluding hydrogens is 887 g/mol. The van der Waals surface area contributed by atoms with Gasteiger partial charge in [-0.05, 0) is 25.7 Å².